The number of pyridine rings is 1. The van der Waals surface area contributed by atoms with Crippen LogP contribution in [-0.2, 0) is 16.0 Å². The van der Waals surface area contributed by atoms with E-state index in [9.17, 15) is 4.79 Å². The third-order valence-electron chi connectivity index (χ3n) is 2.99. The van der Waals surface area contributed by atoms with Gasteiger partial charge in [-0.1, -0.05) is 12.1 Å². The first-order valence-electron chi connectivity index (χ1n) is 6.61. The number of hydrogen-bond acceptors (Lipinski definition) is 5. The fourth-order valence-electron chi connectivity index (χ4n) is 1.90. The number of aryl methyl sites for hydroxylation is 1. The number of carbonyl (C=O) groups is 1. The Morgan fingerprint density at radius 2 is 1.95 bits per heavy atom. The van der Waals surface area contributed by atoms with Gasteiger partial charge in [0.2, 0.25) is 0 Å². The van der Waals surface area contributed by atoms with Crippen molar-refractivity contribution in [1.29, 1.82) is 0 Å². The summed E-state index contributed by atoms with van der Waals surface area (Å²) in [5, 5.41) is 0. The molecule has 2 N–H and O–H groups in total. The number of carbonyl (C=O) groups excluding carboxylic acids is 1. The molecule has 0 amide bonds. The summed E-state index contributed by atoms with van der Waals surface area (Å²) >= 11 is 0. The maximum absolute atomic E-state index is 11.3. The molecule has 0 saturated heterocycles. The lowest BCUT2D eigenvalue weighted by Crippen LogP contribution is -2.33. The Labute approximate surface area is 123 Å². The number of methoxy groups -OCH3 is 1. The largest absolute Gasteiger partial charge is 0.468 e. The highest BCUT2D eigenvalue weighted by Crippen LogP contribution is 2.22. The van der Waals surface area contributed by atoms with Gasteiger partial charge in [0, 0.05) is 18.0 Å². The van der Waals surface area contributed by atoms with E-state index in [4.69, 9.17) is 10.5 Å². The molecule has 0 aliphatic rings. The number of nitrogens with two attached hydrogens (primary N) is 1. The van der Waals surface area contributed by atoms with Crippen molar-refractivity contribution in [1.82, 2.24) is 4.98 Å². The minimum atomic E-state index is -0.649. The van der Waals surface area contributed by atoms with E-state index < -0.39 is 12.0 Å². The topological polar surface area (TPSA) is 74.4 Å². The monoisotopic (exact) mass is 286 g/mol. The van der Waals surface area contributed by atoms with Gasteiger partial charge in [0.15, 0.2) is 0 Å². The standard InChI is InChI=1S/C16H18N2O3/c1-11-9-14(7-8-18-11)21-13-5-3-12(4-6-13)10-15(17)16(19)20-2/h3-9,15H,10,17H2,1-2H3. The van der Waals surface area contributed by atoms with E-state index in [-0.39, 0.29) is 0 Å². The Kier molecular flexibility index (Phi) is 4.90. The zero-order valence-electron chi connectivity index (χ0n) is 12.1. The van der Waals surface area contributed by atoms with Crippen LogP contribution in [0.25, 0.3) is 0 Å². The van der Waals surface area contributed by atoms with E-state index >= 15 is 0 Å². The van der Waals surface area contributed by atoms with Crippen LogP contribution in [0.15, 0.2) is 42.6 Å². The number of nitrogens with zero attached hydrogens (tertiary/aromatic N) is 1. The van der Waals surface area contributed by atoms with Crippen molar-refractivity contribution in [3.8, 4) is 11.5 Å². The summed E-state index contributed by atoms with van der Waals surface area (Å²) < 4.78 is 10.3. The molecule has 0 aliphatic carbocycles. The van der Waals surface area contributed by atoms with Gasteiger partial charge in [-0.25, -0.2) is 0 Å². The minimum absolute atomic E-state index is 0.414. The second kappa shape index (κ2) is 6.85. The molecular formula is C16H18N2O3. The molecule has 1 heterocycles. The third-order valence-corrected chi connectivity index (χ3v) is 2.99. The van der Waals surface area contributed by atoms with Crippen LogP contribution in [0, 0.1) is 6.92 Å². The lowest BCUT2D eigenvalue weighted by Gasteiger charge is -2.10. The van der Waals surface area contributed by atoms with Gasteiger partial charge in [0.05, 0.1) is 7.11 Å². The predicted octanol–water partition coefficient (Wildman–Crippen LogP) is 2.23. The number of hydrogen-bond donors (Lipinski definition) is 1. The summed E-state index contributed by atoms with van der Waals surface area (Å²) in [6.07, 6.45) is 2.13. The molecule has 21 heavy (non-hydrogen) atoms. The number of benzene rings is 1. The summed E-state index contributed by atoms with van der Waals surface area (Å²) in [5.41, 5.74) is 7.57. The number of ether oxygens (including phenoxy) is 2. The highest BCUT2D eigenvalue weighted by molar-refractivity contribution is 5.75. The van der Waals surface area contributed by atoms with Crippen LogP contribution in [0.2, 0.25) is 0 Å². The van der Waals surface area contributed by atoms with E-state index in [0.717, 1.165) is 22.8 Å². The Morgan fingerprint density at radius 1 is 1.24 bits per heavy atom. The summed E-state index contributed by atoms with van der Waals surface area (Å²) in [5.74, 6) is 1.04. The molecule has 0 bridgehead atoms. The van der Waals surface area contributed by atoms with Gasteiger partial charge in [-0.05, 0) is 37.1 Å². The zero-order chi connectivity index (χ0) is 15.2. The average molecular weight is 286 g/mol. The van der Waals surface area contributed by atoms with Crippen molar-refractivity contribution < 1.29 is 14.3 Å². The van der Waals surface area contributed by atoms with Gasteiger partial charge in [-0.2, -0.15) is 0 Å². The van der Waals surface area contributed by atoms with Gasteiger partial charge in [0.25, 0.3) is 0 Å². The first kappa shape index (κ1) is 15.0. The lowest BCUT2D eigenvalue weighted by atomic mass is 10.1. The molecule has 2 aromatic rings. The average Bonchev–Trinajstić information content (AvgIpc) is 2.48. The van der Waals surface area contributed by atoms with E-state index in [0.29, 0.717) is 6.42 Å². The van der Waals surface area contributed by atoms with Crippen LogP contribution in [0.5, 0.6) is 11.5 Å². The van der Waals surface area contributed by atoms with Crippen molar-refractivity contribution in [2.24, 2.45) is 5.73 Å². The Bertz CT molecular complexity index is 611. The quantitative estimate of drug-likeness (QED) is 0.853. The molecule has 0 radical (unpaired) electrons. The molecule has 0 saturated carbocycles. The Hall–Kier alpha value is -2.40. The fraction of sp³-hybridized carbons (Fsp3) is 0.250. The van der Waals surface area contributed by atoms with Crippen LogP contribution in [0.3, 0.4) is 0 Å². The lowest BCUT2D eigenvalue weighted by molar-refractivity contribution is -0.142. The number of rotatable bonds is 5. The molecule has 2 rings (SSSR count). The van der Waals surface area contributed by atoms with Gasteiger partial charge in [-0.15, -0.1) is 0 Å². The maximum Gasteiger partial charge on any atom is 0.322 e. The minimum Gasteiger partial charge on any atom is -0.468 e. The molecule has 5 heteroatoms. The highest BCUT2D eigenvalue weighted by atomic mass is 16.5. The van der Waals surface area contributed by atoms with Crippen molar-refractivity contribution >= 4 is 5.97 Å². The Morgan fingerprint density at radius 3 is 2.57 bits per heavy atom. The van der Waals surface area contributed by atoms with Gasteiger partial charge >= 0.3 is 5.97 Å². The molecule has 1 unspecified atom stereocenters. The molecule has 0 spiro atoms. The fourth-order valence-corrected chi connectivity index (χ4v) is 1.90. The van der Waals surface area contributed by atoms with Crippen LogP contribution in [0.4, 0.5) is 0 Å². The van der Waals surface area contributed by atoms with Crippen LogP contribution in [0.1, 0.15) is 11.3 Å². The van der Waals surface area contributed by atoms with Crippen LogP contribution >= 0.6 is 0 Å². The second-order valence-corrected chi connectivity index (χ2v) is 4.71. The van der Waals surface area contributed by atoms with Crippen molar-refractivity contribution in [2.45, 2.75) is 19.4 Å². The predicted molar refractivity (Wildman–Crippen MR) is 79.2 cm³/mol. The maximum atomic E-state index is 11.3. The normalized spacial score (nSPS) is 11.8. The molecule has 0 fully saturated rings. The number of esters is 1. The van der Waals surface area contributed by atoms with Gasteiger partial charge in [0.1, 0.15) is 17.5 Å². The summed E-state index contributed by atoms with van der Waals surface area (Å²) in [6, 6.07) is 10.5. The zero-order valence-corrected chi connectivity index (χ0v) is 12.1. The van der Waals surface area contributed by atoms with Gasteiger partial charge < -0.3 is 15.2 Å². The summed E-state index contributed by atoms with van der Waals surface area (Å²) in [7, 11) is 1.33. The van der Waals surface area contributed by atoms with E-state index in [1.165, 1.54) is 7.11 Å². The highest BCUT2D eigenvalue weighted by Gasteiger charge is 2.14. The smallest absolute Gasteiger partial charge is 0.322 e. The Balaban J connectivity index is 2.00. The molecule has 5 nitrogen and oxygen atoms in total. The van der Waals surface area contributed by atoms with E-state index in [2.05, 4.69) is 9.72 Å². The van der Waals surface area contributed by atoms with Crippen LogP contribution < -0.4 is 10.5 Å². The molecule has 1 aromatic carbocycles. The van der Waals surface area contributed by atoms with E-state index in [1.54, 1.807) is 12.3 Å². The molecule has 0 aliphatic heterocycles. The molecule has 110 valence electrons. The van der Waals surface area contributed by atoms with Crippen LogP contribution in [-0.4, -0.2) is 24.1 Å². The first-order valence-corrected chi connectivity index (χ1v) is 6.61. The molecular weight excluding hydrogens is 268 g/mol. The first-order chi connectivity index (χ1) is 10.1. The second-order valence-electron chi connectivity index (χ2n) is 4.71. The van der Waals surface area contributed by atoms with Crippen molar-refractivity contribution in [2.75, 3.05) is 7.11 Å². The summed E-state index contributed by atoms with van der Waals surface area (Å²) in [4.78, 5) is 15.4. The molecule has 1 aromatic heterocycles. The van der Waals surface area contributed by atoms with Crippen molar-refractivity contribution in [3.63, 3.8) is 0 Å². The van der Waals surface area contributed by atoms with Crippen molar-refractivity contribution in [3.05, 3.63) is 53.9 Å². The SMILES string of the molecule is COC(=O)C(N)Cc1ccc(Oc2ccnc(C)c2)cc1. The third kappa shape index (κ3) is 4.29. The van der Waals surface area contributed by atoms with E-state index in [1.807, 2.05) is 37.3 Å². The van der Waals surface area contributed by atoms with Gasteiger partial charge in [-0.3, -0.25) is 9.78 Å². The summed E-state index contributed by atoms with van der Waals surface area (Å²) in [6.45, 7) is 1.91. The number of aromatic nitrogens is 1. The molecule has 1 atom stereocenters.